The van der Waals surface area contributed by atoms with Gasteiger partial charge in [-0.1, -0.05) is 37.6 Å². The Morgan fingerprint density at radius 1 is 1.12 bits per heavy atom. The minimum Gasteiger partial charge on any atom is -0.482 e. The number of benzene rings is 2. The molecule has 2 aromatic rings. The summed E-state index contributed by atoms with van der Waals surface area (Å²) in [6, 6.07) is 13.6. The number of hydrogen-bond donors (Lipinski definition) is 1. The first kappa shape index (κ1) is 25.0. The van der Waals surface area contributed by atoms with Crippen LogP contribution in [0, 0.1) is 17.2 Å². The number of halogens is 1. The van der Waals surface area contributed by atoms with Gasteiger partial charge < -0.3 is 19.7 Å². The van der Waals surface area contributed by atoms with Gasteiger partial charge in [0.25, 0.3) is 11.8 Å². The summed E-state index contributed by atoms with van der Waals surface area (Å²) in [5.41, 5.74) is 0.819. The van der Waals surface area contributed by atoms with E-state index in [4.69, 9.17) is 21.1 Å². The Balaban J connectivity index is 2.07. The van der Waals surface area contributed by atoms with E-state index < -0.39 is 6.10 Å². The minimum absolute atomic E-state index is 0.116. The third kappa shape index (κ3) is 6.63. The van der Waals surface area contributed by atoms with E-state index in [1.807, 2.05) is 27.7 Å². The normalized spacial score (nSPS) is 11.4. The first-order valence-corrected chi connectivity index (χ1v) is 10.8. The largest absolute Gasteiger partial charge is 0.482 e. The summed E-state index contributed by atoms with van der Waals surface area (Å²) in [6.07, 6.45) is -0.814. The maximum absolute atomic E-state index is 12.9. The molecule has 2 amide bonds. The van der Waals surface area contributed by atoms with Crippen LogP contribution in [0.4, 0.5) is 5.69 Å². The van der Waals surface area contributed by atoms with Gasteiger partial charge in [-0.15, -0.1) is 0 Å². The van der Waals surface area contributed by atoms with E-state index in [1.165, 1.54) is 0 Å². The van der Waals surface area contributed by atoms with Crippen LogP contribution >= 0.6 is 11.6 Å². The fourth-order valence-electron chi connectivity index (χ4n) is 3.01. The molecule has 0 saturated heterocycles. The van der Waals surface area contributed by atoms with Crippen LogP contribution < -0.4 is 14.8 Å². The molecule has 0 aromatic heterocycles. The van der Waals surface area contributed by atoms with Gasteiger partial charge >= 0.3 is 0 Å². The van der Waals surface area contributed by atoms with Crippen LogP contribution in [0.3, 0.4) is 0 Å². The third-order valence-corrected chi connectivity index (χ3v) is 5.09. The zero-order valence-corrected chi connectivity index (χ0v) is 19.5. The Morgan fingerprint density at radius 2 is 1.81 bits per heavy atom. The second-order valence-electron chi connectivity index (χ2n) is 7.38. The van der Waals surface area contributed by atoms with E-state index in [9.17, 15) is 14.9 Å². The van der Waals surface area contributed by atoms with Crippen LogP contribution in [0.1, 0.15) is 33.3 Å². The first-order valence-electron chi connectivity index (χ1n) is 10.5. The molecular formula is C24H28ClN3O4. The van der Waals surface area contributed by atoms with E-state index >= 15 is 0 Å². The van der Waals surface area contributed by atoms with Crippen molar-refractivity contribution in [2.45, 2.75) is 33.8 Å². The zero-order chi connectivity index (χ0) is 23.7. The molecular weight excluding hydrogens is 430 g/mol. The number of anilines is 1. The number of carbonyl (C=O) groups excluding carboxylic acids is 2. The second-order valence-corrected chi connectivity index (χ2v) is 7.79. The average molecular weight is 458 g/mol. The Kier molecular flexibility index (Phi) is 9.36. The van der Waals surface area contributed by atoms with Crippen molar-refractivity contribution >= 4 is 29.1 Å². The van der Waals surface area contributed by atoms with Crippen molar-refractivity contribution in [3.63, 3.8) is 0 Å². The number of likely N-dealkylation sites (N-methyl/N-ethyl adjacent to an activating group) is 1. The number of ether oxygens (including phenoxy) is 2. The van der Waals surface area contributed by atoms with Crippen molar-refractivity contribution in [2.24, 2.45) is 5.92 Å². The first-order chi connectivity index (χ1) is 15.3. The molecule has 32 heavy (non-hydrogen) atoms. The lowest BCUT2D eigenvalue weighted by molar-refractivity contribution is -0.133. The van der Waals surface area contributed by atoms with Crippen molar-refractivity contribution in [2.75, 3.05) is 25.0 Å². The maximum Gasteiger partial charge on any atom is 0.265 e. The fraction of sp³-hybridized carbons (Fsp3) is 0.375. The molecule has 7 nitrogen and oxygen atoms in total. The van der Waals surface area contributed by atoms with Gasteiger partial charge in [-0.25, -0.2) is 0 Å². The third-order valence-electron chi connectivity index (χ3n) is 4.79. The summed E-state index contributed by atoms with van der Waals surface area (Å²) < 4.78 is 11.4. The molecule has 1 atom stereocenters. The summed E-state index contributed by atoms with van der Waals surface area (Å²) in [6.45, 7) is 8.61. The summed E-state index contributed by atoms with van der Waals surface area (Å²) in [5, 5.41) is 12.3. The lowest BCUT2D eigenvalue weighted by Crippen LogP contribution is -2.37. The van der Waals surface area contributed by atoms with E-state index in [0.717, 1.165) is 0 Å². The number of carbonyl (C=O) groups is 2. The Hall–Kier alpha value is -3.24. The van der Waals surface area contributed by atoms with Crippen LogP contribution in [-0.4, -0.2) is 42.5 Å². The molecule has 0 bridgehead atoms. The van der Waals surface area contributed by atoms with Gasteiger partial charge in [-0.05, 0) is 50.1 Å². The molecule has 0 aliphatic heterocycles. The van der Waals surface area contributed by atoms with E-state index in [1.54, 1.807) is 47.4 Å². The minimum atomic E-state index is -0.814. The Bertz CT molecular complexity index is 983. The van der Waals surface area contributed by atoms with Crippen LogP contribution in [0.25, 0.3) is 0 Å². The molecule has 1 N–H and O–H groups in total. The quantitative estimate of drug-likeness (QED) is 0.567. The molecule has 2 aromatic carbocycles. The monoisotopic (exact) mass is 457 g/mol. The van der Waals surface area contributed by atoms with Gasteiger partial charge in [-0.2, -0.15) is 5.26 Å². The Morgan fingerprint density at radius 3 is 2.41 bits per heavy atom. The molecule has 0 aliphatic carbocycles. The second kappa shape index (κ2) is 12.0. The lowest BCUT2D eigenvalue weighted by Gasteiger charge is -2.22. The van der Waals surface area contributed by atoms with E-state index in [0.29, 0.717) is 35.8 Å². The van der Waals surface area contributed by atoms with Crippen molar-refractivity contribution in [1.82, 2.24) is 4.90 Å². The van der Waals surface area contributed by atoms with E-state index in [2.05, 4.69) is 11.4 Å². The van der Waals surface area contributed by atoms with Gasteiger partial charge in [0.05, 0.1) is 10.6 Å². The van der Waals surface area contributed by atoms with Gasteiger partial charge in [0, 0.05) is 18.8 Å². The number of nitrogens with zero attached hydrogens (tertiary/aromatic N) is 2. The number of amides is 2. The Labute approximate surface area is 193 Å². The summed E-state index contributed by atoms with van der Waals surface area (Å²) >= 11 is 6.29. The zero-order valence-electron chi connectivity index (χ0n) is 18.7. The molecule has 8 heteroatoms. The number of nitrogens with one attached hydrogen (secondary N) is 1. The SMILES string of the molecule is CCN(CC)C(=O)COc1ccc(NC(=O)C(Oc2ccccc2C#N)C(C)C)cc1Cl. The van der Waals surface area contributed by atoms with Gasteiger partial charge in [0.15, 0.2) is 12.7 Å². The summed E-state index contributed by atoms with van der Waals surface area (Å²) in [7, 11) is 0. The highest BCUT2D eigenvalue weighted by Crippen LogP contribution is 2.28. The molecule has 0 saturated carbocycles. The molecule has 1 unspecified atom stereocenters. The highest BCUT2D eigenvalue weighted by Gasteiger charge is 2.25. The predicted molar refractivity (Wildman–Crippen MR) is 124 cm³/mol. The molecule has 0 heterocycles. The van der Waals surface area contributed by atoms with Crippen molar-refractivity contribution in [1.29, 1.82) is 5.26 Å². The highest BCUT2D eigenvalue weighted by molar-refractivity contribution is 6.32. The van der Waals surface area contributed by atoms with Crippen molar-refractivity contribution in [3.8, 4) is 17.6 Å². The maximum atomic E-state index is 12.9. The van der Waals surface area contributed by atoms with Crippen LogP contribution in [-0.2, 0) is 9.59 Å². The van der Waals surface area contributed by atoms with Crippen molar-refractivity contribution < 1.29 is 19.1 Å². The van der Waals surface area contributed by atoms with Gasteiger partial charge in [0.2, 0.25) is 0 Å². The average Bonchev–Trinajstić information content (AvgIpc) is 2.77. The number of para-hydroxylation sites is 1. The number of rotatable bonds is 10. The molecule has 0 spiro atoms. The number of hydrogen-bond acceptors (Lipinski definition) is 5. The summed E-state index contributed by atoms with van der Waals surface area (Å²) in [4.78, 5) is 26.6. The topological polar surface area (TPSA) is 91.7 Å². The lowest BCUT2D eigenvalue weighted by atomic mass is 10.1. The van der Waals surface area contributed by atoms with E-state index in [-0.39, 0.29) is 29.4 Å². The molecule has 2 rings (SSSR count). The summed E-state index contributed by atoms with van der Waals surface area (Å²) in [5.74, 6) is 0.0615. The van der Waals surface area contributed by atoms with Crippen LogP contribution in [0.15, 0.2) is 42.5 Å². The van der Waals surface area contributed by atoms with Crippen LogP contribution in [0.2, 0.25) is 5.02 Å². The van der Waals surface area contributed by atoms with Gasteiger partial charge in [-0.3, -0.25) is 9.59 Å². The molecule has 170 valence electrons. The molecule has 0 aliphatic rings. The van der Waals surface area contributed by atoms with Crippen molar-refractivity contribution in [3.05, 3.63) is 53.1 Å². The van der Waals surface area contributed by atoms with Crippen LogP contribution in [0.5, 0.6) is 11.5 Å². The fourth-order valence-corrected chi connectivity index (χ4v) is 3.24. The molecule has 0 radical (unpaired) electrons. The number of nitriles is 1. The van der Waals surface area contributed by atoms with Gasteiger partial charge in [0.1, 0.15) is 17.6 Å². The predicted octanol–water partition coefficient (Wildman–Crippen LogP) is 4.50. The molecule has 0 fully saturated rings. The highest BCUT2D eigenvalue weighted by atomic mass is 35.5. The standard InChI is InChI=1S/C24H28ClN3O4/c1-5-28(6-2)22(29)15-31-21-12-11-18(13-19(21)25)27-24(30)23(16(3)4)32-20-10-8-7-9-17(20)14-26/h7-13,16,23H,5-6,15H2,1-4H3,(H,27,30). The smallest absolute Gasteiger partial charge is 0.265 e.